The molecule has 0 unspecified atom stereocenters. The van der Waals surface area contributed by atoms with E-state index in [0.29, 0.717) is 18.3 Å². The molecule has 6 heteroatoms. The molecule has 2 aromatic rings. The zero-order valence-corrected chi connectivity index (χ0v) is 13.9. The van der Waals surface area contributed by atoms with E-state index in [0.717, 1.165) is 31.6 Å². The SMILES string of the molecule is C[C@H](c1ccccc1)n1nccc1NC(=O)NCC1CCOCC1. The molecule has 2 N–H and O–H groups in total. The maximum absolute atomic E-state index is 12.2. The third kappa shape index (κ3) is 4.14. The van der Waals surface area contributed by atoms with E-state index in [1.807, 2.05) is 28.9 Å². The summed E-state index contributed by atoms with van der Waals surface area (Å²) in [7, 11) is 0. The van der Waals surface area contributed by atoms with Crippen LogP contribution < -0.4 is 10.6 Å². The van der Waals surface area contributed by atoms with E-state index in [2.05, 4.69) is 34.8 Å². The van der Waals surface area contributed by atoms with Gasteiger partial charge in [0.15, 0.2) is 0 Å². The van der Waals surface area contributed by atoms with Gasteiger partial charge in [0.2, 0.25) is 0 Å². The number of benzene rings is 1. The van der Waals surface area contributed by atoms with Crippen molar-refractivity contribution in [2.75, 3.05) is 25.1 Å². The van der Waals surface area contributed by atoms with Gasteiger partial charge >= 0.3 is 6.03 Å². The molecule has 1 saturated heterocycles. The van der Waals surface area contributed by atoms with Crippen molar-refractivity contribution in [3.05, 3.63) is 48.2 Å². The van der Waals surface area contributed by atoms with E-state index in [1.165, 1.54) is 0 Å². The Balaban J connectivity index is 1.57. The van der Waals surface area contributed by atoms with Crippen molar-refractivity contribution in [3.63, 3.8) is 0 Å². The van der Waals surface area contributed by atoms with Crippen LogP contribution in [0.1, 0.15) is 31.4 Å². The summed E-state index contributed by atoms with van der Waals surface area (Å²) >= 11 is 0. The minimum atomic E-state index is -0.191. The maximum atomic E-state index is 12.2. The molecule has 1 fully saturated rings. The van der Waals surface area contributed by atoms with Crippen LogP contribution in [0, 0.1) is 5.92 Å². The Morgan fingerprint density at radius 3 is 2.79 bits per heavy atom. The quantitative estimate of drug-likeness (QED) is 0.886. The van der Waals surface area contributed by atoms with Gasteiger partial charge in [-0.3, -0.25) is 5.32 Å². The zero-order chi connectivity index (χ0) is 16.8. The lowest BCUT2D eigenvalue weighted by atomic mass is 10.0. The summed E-state index contributed by atoms with van der Waals surface area (Å²) in [5, 5.41) is 10.2. The van der Waals surface area contributed by atoms with Crippen LogP contribution in [-0.2, 0) is 4.74 Å². The third-order valence-corrected chi connectivity index (χ3v) is 4.45. The highest BCUT2D eigenvalue weighted by Crippen LogP contribution is 2.21. The summed E-state index contributed by atoms with van der Waals surface area (Å²) in [5.74, 6) is 1.19. The number of hydrogen-bond acceptors (Lipinski definition) is 3. The molecule has 2 amide bonds. The van der Waals surface area contributed by atoms with Gasteiger partial charge < -0.3 is 10.1 Å². The molecule has 0 bridgehead atoms. The van der Waals surface area contributed by atoms with Crippen molar-refractivity contribution >= 4 is 11.8 Å². The first kappa shape index (κ1) is 16.5. The Hall–Kier alpha value is -2.34. The number of anilines is 1. The van der Waals surface area contributed by atoms with E-state index < -0.39 is 0 Å². The molecule has 1 aliphatic heterocycles. The second-order valence-electron chi connectivity index (χ2n) is 6.14. The van der Waals surface area contributed by atoms with Crippen molar-refractivity contribution in [2.24, 2.45) is 5.92 Å². The van der Waals surface area contributed by atoms with E-state index in [4.69, 9.17) is 4.74 Å². The molecule has 1 atom stereocenters. The van der Waals surface area contributed by atoms with Gasteiger partial charge in [0.05, 0.1) is 12.2 Å². The molecule has 0 radical (unpaired) electrons. The predicted octanol–water partition coefficient (Wildman–Crippen LogP) is 3.04. The number of ether oxygens (including phenoxy) is 1. The average Bonchev–Trinajstić information content (AvgIpc) is 3.09. The second kappa shape index (κ2) is 7.97. The van der Waals surface area contributed by atoms with Gasteiger partial charge in [-0.25, -0.2) is 9.48 Å². The van der Waals surface area contributed by atoms with Gasteiger partial charge in [-0.2, -0.15) is 5.10 Å². The second-order valence-corrected chi connectivity index (χ2v) is 6.14. The monoisotopic (exact) mass is 328 g/mol. The molecule has 0 spiro atoms. The van der Waals surface area contributed by atoms with Crippen LogP contribution in [0.3, 0.4) is 0 Å². The van der Waals surface area contributed by atoms with Crippen molar-refractivity contribution in [3.8, 4) is 0 Å². The van der Waals surface area contributed by atoms with Gasteiger partial charge in [-0.05, 0) is 31.2 Å². The summed E-state index contributed by atoms with van der Waals surface area (Å²) < 4.78 is 7.16. The molecule has 0 aliphatic carbocycles. The molecule has 6 nitrogen and oxygen atoms in total. The smallest absolute Gasteiger partial charge is 0.320 e. The lowest BCUT2D eigenvalue weighted by Gasteiger charge is -2.22. The highest BCUT2D eigenvalue weighted by molar-refractivity contribution is 5.88. The number of urea groups is 1. The van der Waals surface area contributed by atoms with Crippen LogP contribution in [0.4, 0.5) is 10.6 Å². The van der Waals surface area contributed by atoms with E-state index >= 15 is 0 Å². The Labute approximate surface area is 142 Å². The van der Waals surface area contributed by atoms with E-state index in [9.17, 15) is 4.79 Å². The summed E-state index contributed by atoms with van der Waals surface area (Å²) in [5.41, 5.74) is 1.15. The van der Waals surface area contributed by atoms with Crippen LogP contribution in [-0.4, -0.2) is 35.6 Å². The van der Waals surface area contributed by atoms with Crippen LogP contribution in [0.25, 0.3) is 0 Å². The normalized spacial score (nSPS) is 16.5. The summed E-state index contributed by atoms with van der Waals surface area (Å²) in [6.07, 6.45) is 3.71. The number of rotatable bonds is 5. The molecule has 0 saturated carbocycles. The minimum Gasteiger partial charge on any atom is -0.381 e. The molecule has 24 heavy (non-hydrogen) atoms. The number of nitrogens with zero attached hydrogens (tertiary/aromatic N) is 2. The molecule has 128 valence electrons. The van der Waals surface area contributed by atoms with Gasteiger partial charge in [-0.15, -0.1) is 0 Å². The lowest BCUT2D eigenvalue weighted by molar-refractivity contribution is 0.0671. The minimum absolute atomic E-state index is 0.0481. The highest BCUT2D eigenvalue weighted by Gasteiger charge is 2.16. The highest BCUT2D eigenvalue weighted by atomic mass is 16.5. The van der Waals surface area contributed by atoms with Crippen LogP contribution in [0.15, 0.2) is 42.6 Å². The molecule has 2 heterocycles. The largest absolute Gasteiger partial charge is 0.381 e. The van der Waals surface area contributed by atoms with Crippen molar-refractivity contribution < 1.29 is 9.53 Å². The standard InChI is InChI=1S/C18H24N4O2/c1-14(16-5-3-2-4-6-16)22-17(7-10-20-22)21-18(23)19-13-15-8-11-24-12-9-15/h2-7,10,14-15H,8-9,11-13H2,1H3,(H2,19,21,23)/t14-/m1/s1. The number of hydrogen-bond donors (Lipinski definition) is 2. The number of aromatic nitrogens is 2. The lowest BCUT2D eigenvalue weighted by Crippen LogP contribution is -2.35. The number of carbonyl (C=O) groups excluding carboxylic acids is 1. The van der Waals surface area contributed by atoms with Crippen LogP contribution >= 0.6 is 0 Å². The van der Waals surface area contributed by atoms with Crippen molar-refractivity contribution in [1.82, 2.24) is 15.1 Å². The number of nitrogens with one attached hydrogen (secondary N) is 2. The van der Waals surface area contributed by atoms with E-state index in [1.54, 1.807) is 6.20 Å². The predicted molar refractivity (Wildman–Crippen MR) is 93.0 cm³/mol. The van der Waals surface area contributed by atoms with Crippen LogP contribution in [0.2, 0.25) is 0 Å². The first-order valence-electron chi connectivity index (χ1n) is 8.45. The van der Waals surface area contributed by atoms with Crippen LogP contribution in [0.5, 0.6) is 0 Å². The Morgan fingerprint density at radius 1 is 1.29 bits per heavy atom. The first-order valence-corrected chi connectivity index (χ1v) is 8.45. The molecule has 1 aromatic heterocycles. The van der Waals surface area contributed by atoms with E-state index in [-0.39, 0.29) is 12.1 Å². The topological polar surface area (TPSA) is 68.2 Å². The molecule has 3 rings (SSSR count). The fraction of sp³-hybridized carbons (Fsp3) is 0.444. The third-order valence-electron chi connectivity index (χ3n) is 4.45. The van der Waals surface area contributed by atoms with Gasteiger partial charge in [-0.1, -0.05) is 30.3 Å². The average molecular weight is 328 g/mol. The first-order chi connectivity index (χ1) is 11.7. The Morgan fingerprint density at radius 2 is 2.04 bits per heavy atom. The van der Waals surface area contributed by atoms with Gasteiger partial charge in [0.1, 0.15) is 5.82 Å². The maximum Gasteiger partial charge on any atom is 0.320 e. The fourth-order valence-electron chi connectivity index (χ4n) is 2.94. The summed E-state index contributed by atoms with van der Waals surface area (Å²) in [6.45, 7) is 4.32. The Bertz CT molecular complexity index is 650. The number of amides is 2. The summed E-state index contributed by atoms with van der Waals surface area (Å²) in [4.78, 5) is 12.2. The molecule has 1 aromatic carbocycles. The van der Waals surface area contributed by atoms with Gasteiger partial charge in [0.25, 0.3) is 0 Å². The Kier molecular flexibility index (Phi) is 5.48. The molecule has 1 aliphatic rings. The molecular weight excluding hydrogens is 304 g/mol. The summed E-state index contributed by atoms with van der Waals surface area (Å²) in [6, 6.07) is 11.8. The molecular formula is C18H24N4O2. The fourth-order valence-corrected chi connectivity index (χ4v) is 2.94. The van der Waals surface area contributed by atoms with Crippen molar-refractivity contribution in [2.45, 2.75) is 25.8 Å². The van der Waals surface area contributed by atoms with Gasteiger partial charge in [0, 0.05) is 25.8 Å². The number of carbonyl (C=O) groups is 1. The van der Waals surface area contributed by atoms with Crippen molar-refractivity contribution in [1.29, 1.82) is 0 Å². The zero-order valence-electron chi connectivity index (χ0n) is 13.9.